The average molecular weight is 356 g/mol. The summed E-state index contributed by atoms with van der Waals surface area (Å²) in [5.41, 5.74) is 1.61. The molecule has 0 aromatic heterocycles. The molecule has 1 unspecified atom stereocenters. The summed E-state index contributed by atoms with van der Waals surface area (Å²) in [4.78, 5) is 0. The van der Waals surface area contributed by atoms with E-state index in [1.54, 1.807) is 5.56 Å². The van der Waals surface area contributed by atoms with Crippen LogP contribution in [0.1, 0.15) is 116 Å². The molecule has 1 rings (SSSR count). The van der Waals surface area contributed by atoms with E-state index in [0.29, 0.717) is 0 Å². The number of hydrogen-bond acceptors (Lipinski definition) is 0. The van der Waals surface area contributed by atoms with Crippen LogP contribution in [0, 0.1) is 0 Å². The van der Waals surface area contributed by atoms with Gasteiger partial charge in [0.05, 0.1) is 0 Å². The van der Waals surface area contributed by atoms with Crippen LogP contribution in [0.2, 0.25) is 12.6 Å². The van der Waals surface area contributed by atoms with E-state index in [0.717, 1.165) is 12.5 Å². The minimum absolute atomic E-state index is 0.788. The number of rotatable bonds is 17. The second kappa shape index (κ2) is 16.5. The van der Waals surface area contributed by atoms with E-state index in [1.807, 2.05) is 0 Å². The van der Waals surface area contributed by atoms with Crippen LogP contribution < -0.4 is 0 Å². The molecule has 0 aliphatic heterocycles. The summed E-state index contributed by atoms with van der Waals surface area (Å²) in [6, 6.07) is 11.5. The Morgan fingerprint density at radius 1 is 0.615 bits per heavy atom. The van der Waals surface area contributed by atoms with Gasteiger partial charge in [0.25, 0.3) is 0 Å². The van der Waals surface area contributed by atoms with Gasteiger partial charge in [0, 0.05) is 0 Å². The van der Waals surface area contributed by atoms with Crippen molar-refractivity contribution in [2.24, 2.45) is 0 Å². The first-order chi connectivity index (χ1) is 12.8. The number of unbranched alkanes of at least 4 members (excludes halogenated alkanes) is 9. The Kier molecular flexibility index (Phi) is 14.8. The molecule has 0 N–H and O–H groups in total. The molecular formula is C25H45B. The van der Waals surface area contributed by atoms with E-state index in [-0.39, 0.29) is 0 Å². The van der Waals surface area contributed by atoms with Crippen LogP contribution >= 0.6 is 0 Å². The van der Waals surface area contributed by atoms with Gasteiger partial charge in [0.1, 0.15) is 6.71 Å². The first-order valence-corrected chi connectivity index (χ1v) is 11.9. The smallest absolute Gasteiger partial charge is 0.0736 e. The highest BCUT2D eigenvalue weighted by Gasteiger charge is 2.25. The van der Waals surface area contributed by atoms with Crippen molar-refractivity contribution in [2.45, 2.75) is 123 Å². The molecule has 1 atom stereocenters. The molecule has 0 nitrogen and oxygen atoms in total. The zero-order valence-corrected chi connectivity index (χ0v) is 18.1. The van der Waals surface area contributed by atoms with Gasteiger partial charge in [-0.05, 0) is 5.82 Å². The van der Waals surface area contributed by atoms with Crippen molar-refractivity contribution in [3.05, 3.63) is 35.9 Å². The standard InChI is InChI=1S/C25H45B/c1-4-7-10-16-21-25(24-19-14-13-15-20-24)26(22-17-11-8-5-2)23-18-12-9-6-3/h13-15,19-20,25H,4-12,16-18,21-23H2,1-3H3. The fourth-order valence-corrected chi connectivity index (χ4v) is 4.38. The van der Waals surface area contributed by atoms with E-state index in [1.165, 1.54) is 96.1 Å². The number of benzene rings is 1. The molecule has 0 fully saturated rings. The lowest BCUT2D eigenvalue weighted by Crippen LogP contribution is -2.24. The molecule has 0 amide bonds. The molecule has 0 radical (unpaired) electrons. The Morgan fingerprint density at radius 3 is 1.62 bits per heavy atom. The highest BCUT2D eigenvalue weighted by Crippen LogP contribution is 2.31. The number of hydrogen-bond donors (Lipinski definition) is 0. The highest BCUT2D eigenvalue weighted by molar-refractivity contribution is 6.60. The normalized spacial score (nSPS) is 12.3. The summed E-state index contributed by atoms with van der Waals surface area (Å²) in [7, 11) is 0. The maximum atomic E-state index is 2.40. The van der Waals surface area contributed by atoms with Crippen molar-refractivity contribution in [3.8, 4) is 0 Å². The van der Waals surface area contributed by atoms with E-state index in [9.17, 15) is 0 Å². The minimum atomic E-state index is 0.788. The quantitative estimate of drug-likeness (QED) is 0.193. The summed E-state index contributed by atoms with van der Waals surface area (Å²) >= 11 is 0. The van der Waals surface area contributed by atoms with Gasteiger partial charge in [-0.3, -0.25) is 0 Å². The SMILES string of the molecule is CCCCCCB(CCCCCC)C(CCCCCC)c1ccccc1. The third kappa shape index (κ3) is 10.4. The van der Waals surface area contributed by atoms with Gasteiger partial charge in [-0.25, -0.2) is 0 Å². The summed E-state index contributed by atoms with van der Waals surface area (Å²) in [6.07, 6.45) is 21.1. The Balaban J connectivity index is 2.71. The maximum Gasteiger partial charge on any atom is 0.148 e. The summed E-state index contributed by atoms with van der Waals surface area (Å²) in [5.74, 6) is 0.788. The van der Waals surface area contributed by atoms with Crippen LogP contribution in [0.15, 0.2) is 30.3 Å². The molecule has 0 aliphatic rings. The Morgan fingerprint density at radius 2 is 1.12 bits per heavy atom. The van der Waals surface area contributed by atoms with E-state index in [4.69, 9.17) is 0 Å². The van der Waals surface area contributed by atoms with Gasteiger partial charge >= 0.3 is 0 Å². The topological polar surface area (TPSA) is 0 Å². The van der Waals surface area contributed by atoms with Gasteiger partial charge < -0.3 is 0 Å². The van der Waals surface area contributed by atoms with Crippen LogP contribution in [0.25, 0.3) is 0 Å². The van der Waals surface area contributed by atoms with Gasteiger partial charge in [-0.15, -0.1) is 0 Å². The molecule has 1 aromatic carbocycles. The van der Waals surface area contributed by atoms with Crippen LogP contribution in [0.5, 0.6) is 0 Å². The van der Waals surface area contributed by atoms with Crippen LogP contribution in [-0.4, -0.2) is 6.71 Å². The lowest BCUT2D eigenvalue weighted by Gasteiger charge is -2.26. The fourth-order valence-electron chi connectivity index (χ4n) is 4.38. The average Bonchev–Trinajstić information content (AvgIpc) is 2.68. The molecule has 0 saturated heterocycles. The third-order valence-electron chi connectivity index (χ3n) is 6.02. The van der Waals surface area contributed by atoms with Crippen LogP contribution in [0.4, 0.5) is 0 Å². The van der Waals surface area contributed by atoms with E-state index in [2.05, 4.69) is 51.1 Å². The van der Waals surface area contributed by atoms with Crippen molar-refractivity contribution in [3.63, 3.8) is 0 Å². The summed E-state index contributed by atoms with van der Waals surface area (Å²) < 4.78 is 0. The van der Waals surface area contributed by atoms with Crippen molar-refractivity contribution in [1.29, 1.82) is 0 Å². The largest absolute Gasteiger partial charge is 0.148 e. The Bertz CT molecular complexity index is 388. The van der Waals surface area contributed by atoms with Crippen LogP contribution in [0.3, 0.4) is 0 Å². The molecule has 26 heavy (non-hydrogen) atoms. The molecule has 1 heteroatoms. The predicted molar refractivity (Wildman–Crippen MR) is 122 cm³/mol. The van der Waals surface area contributed by atoms with Gasteiger partial charge in [0.2, 0.25) is 0 Å². The van der Waals surface area contributed by atoms with Crippen LogP contribution in [-0.2, 0) is 0 Å². The van der Waals surface area contributed by atoms with Gasteiger partial charge in [-0.1, -0.05) is 153 Å². The molecule has 1 aromatic rings. The van der Waals surface area contributed by atoms with Crippen molar-refractivity contribution in [2.75, 3.05) is 0 Å². The zero-order valence-electron chi connectivity index (χ0n) is 18.1. The summed E-state index contributed by atoms with van der Waals surface area (Å²) in [5, 5.41) is 0. The fraction of sp³-hybridized carbons (Fsp3) is 0.760. The molecule has 0 aliphatic carbocycles. The van der Waals surface area contributed by atoms with Gasteiger partial charge in [0.15, 0.2) is 0 Å². The van der Waals surface area contributed by atoms with Gasteiger partial charge in [-0.2, -0.15) is 0 Å². The van der Waals surface area contributed by atoms with E-state index < -0.39 is 0 Å². The lowest BCUT2D eigenvalue weighted by atomic mass is 9.34. The zero-order chi connectivity index (χ0) is 18.9. The highest BCUT2D eigenvalue weighted by atomic mass is 14.1. The molecular weight excluding hydrogens is 311 g/mol. The second-order valence-electron chi connectivity index (χ2n) is 8.33. The van der Waals surface area contributed by atoms with Crippen molar-refractivity contribution < 1.29 is 0 Å². The molecule has 0 bridgehead atoms. The monoisotopic (exact) mass is 356 g/mol. The van der Waals surface area contributed by atoms with Crippen molar-refractivity contribution >= 4 is 6.71 Å². The molecule has 0 heterocycles. The van der Waals surface area contributed by atoms with E-state index >= 15 is 0 Å². The van der Waals surface area contributed by atoms with Crippen molar-refractivity contribution in [1.82, 2.24) is 0 Å². The first-order valence-electron chi connectivity index (χ1n) is 11.9. The predicted octanol–water partition coefficient (Wildman–Crippen LogP) is 8.94. The minimum Gasteiger partial charge on any atom is -0.0736 e. The second-order valence-corrected chi connectivity index (χ2v) is 8.33. The Labute approximate surface area is 165 Å². The lowest BCUT2D eigenvalue weighted by molar-refractivity contribution is 0.610. The maximum absolute atomic E-state index is 2.40. The molecule has 148 valence electrons. The molecule has 0 saturated carbocycles. The first kappa shape index (κ1) is 23.3. The summed E-state index contributed by atoms with van der Waals surface area (Å²) in [6.45, 7) is 7.86. The molecule has 0 spiro atoms. The third-order valence-corrected chi connectivity index (χ3v) is 6.02. The Hall–Kier alpha value is -0.715.